The van der Waals surface area contributed by atoms with Gasteiger partial charge in [0.2, 0.25) is 0 Å². The fraction of sp³-hybridized carbons (Fsp3) is 0.455. The first kappa shape index (κ1) is 13.6. The summed E-state index contributed by atoms with van der Waals surface area (Å²) in [5.74, 6) is -0.723. The third kappa shape index (κ3) is 3.81. The van der Waals surface area contributed by atoms with Crippen molar-refractivity contribution in [3.63, 3.8) is 0 Å². The standard InChI is InChI=1S/C11H12F3NO2/c1-7(2)17-6-10(16)8-5-15-4-3-9(8)11(12,13)14/h3-5,7H,6H2,1-2H3. The Kier molecular flexibility index (Phi) is 4.22. The summed E-state index contributed by atoms with van der Waals surface area (Å²) in [5.41, 5.74) is -1.44. The number of rotatable bonds is 4. The second kappa shape index (κ2) is 5.27. The van der Waals surface area contributed by atoms with Gasteiger partial charge in [0.15, 0.2) is 5.78 Å². The van der Waals surface area contributed by atoms with E-state index >= 15 is 0 Å². The van der Waals surface area contributed by atoms with Crippen LogP contribution in [-0.4, -0.2) is 23.5 Å². The third-order valence-electron chi connectivity index (χ3n) is 1.97. The molecule has 0 unspecified atom stereocenters. The molecule has 94 valence electrons. The van der Waals surface area contributed by atoms with Gasteiger partial charge in [0.25, 0.3) is 0 Å². The molecule has 0 aliphatic carbocycles. The van der Waals surface area contributed by atoms with Crippen LogP contribution in [0.15, 0.2) is 18.5 Å². The van der Waals surface area contributed by atoms with Crippen molar-refractivity contribution in [2.75, 3.05) is 6.61 Å². The first-order chi connectivity index (χ1) is 7.82. The quantitative estimate of drug-likeness (QED) is 0.768. The van der Waals surface area contributed by atoms with Crippen LogP contribution < -0.4 is 0 Å². The summed E-state index contributed by atoms with van der Waals surface area (Å²) in [6.07, 6.45) is -2.87. The molecule has 0 atom stereocenters. The fourth-order valence-corrected chi connectivity index (χ4v) is 1.18. The van der Waals surface area contributed by atoms with Gasteiger partial charge in [-0.3, -0.25) is 9.78 Å². The SMILES string of the molecule is CC(C)OCC(=O)c1cnccc1C(F)(F)F. The van der Waals surface area contributed by atoms with Crippen LogP contribution in [0.5, 0.6) is 0 Å². The first-order valence-electron chi connectivity index (χ1n) is 4.98. The van der Waals surface area contributed by atoms with Crippen molar-refractivity contribution >= 4 is 5.78 Å². The molecule has 0 saturated carbocycles. The van der Waals surface area contributed by atoms with Crippen molar-refractivity contribution in [2.24, 2.45) is 0 Å². The molecule has 0 N–H and O–H groups in total. The average Bonchev–Trinajstić information content (AvgIpc) is 2.24. The van der Waals surface area contributed by atoms with Crippen LogP contribution in [-0.2, 0) is 10.9 Å². The molecule has 17 heavy (non-hydrogen) atoms. The number of aromatic nitrogens is 1. The van der Waals surface area contributed by atoms with Gasteiger partial charge in [0.1, 0.15) is 6.61 Å². The Morgan fingerprint density at radius 1 is 1.47 bits per heavy atom. The monoisotopic (exact) mass is 247 g/mol. The zero-order chi connectivity index (χ0) is 13.1. The lowest BCUT2D eigenvalue weighted by molar-refractivity contribution is -0.138. The normalized spacial score (nSPS) is 11.9. The predicted molar refractivity (Wildman–Crippen MR) is 54.7 cm³/mol. The smallest absolute Gasteiger partial charge is 0.371 e. The van der Waals surface area contributed by atoms with Gasteiger partial charge in [-0.25, -0.2) is 0 Å². The molecule has 0 amide bonds. The van der Waals surface area contributed by atoms with E-state index < -0.39 is 23.1 Å². The van der Waals surface area contributed by atoms with Crippen LogP contribution in [0.3, 0.4) is 0 Å². The molecular weight excluding hydrogens is 235 g/mol. The summed E-state index contributed by atoms with van der Waals surface area (Å²) in [6.45, 7) is 3.01. The highest BCUT2D eigenvalue weighted by Gasteiger charge is 2.35. The zero-order valence-electron chi connectivity index (χ0n) is 9.41. The van der Waals surface area contributed by atoms with E-state index in [4.69, 9.17) is 4.74 Å². The van der Waals surface area contributed by atoms with Crippen LogP contribution in [0.2, 0.25) is 0 Å². The van der Waals surface area contributed by atoms with Crippen LogP contribution in [0.4, 0.5) is 13.2 Å². The van der Waals surface area contributed by atoms with E-state index in [1.165, 1.54) is 0 Å². The Morgan fingerprint density at radius 2 is 2.12 bits per heavy atom. The number of Topliss-reactive ketones (excluding diaryl/α,β-unsaturated/α-hetero) is 1. The second-order valence-corrected chi connectivity index (χ2v) is 3.70. The number of nitrogens with zero attached hydrogens (tertiary/aromatic N) is 1. The van der Waals surface area contributed by atoms with E-state index in [-0.39, 0.29) is 12.7 Å². The largest absolute Gasteiger partial charge is 0.417 e. The molecule has 0 fully saturated rings. The predicted octanol–water partition coefficient (Wildman–Crippen LogP) is 2.71. The molecule has 1 heterocycles. The molecule has 1 aromatic heterocycles. The number of ether oxygens (including phenoxy) is 1. The molecular formula is C11H12F3NO2. The molecule has 1 rings (SSSR count). The van der Waals surface area contributed by atoms with Gasteiger partial charge in [-0.2, -0.15) is 13.2 Å². The topological polar surface area (TPSA) is 39.2 Å². The van der Waals surface area contributed by atoms with Gasteiger partial charge < -0.3 is 4.74 Å². The summed E-state index contributed by atoms with van der Waals surface area (Å²) in [5, 5.41) is 0. The van der Waals surface area contributed by atoms with Gasteiger partial charge in [-0.05, 0) is 19.9 Å². The molecule has 1 aromatic rings. The first-order valence-corrected chi connectivity index (χ1v) is 4.98. The Morgan fingerprint density at radius 3 is 2.65 bits per heavy atom. The van der Waals surface area contributed by atoms with Crippen LogP contribution in [0.25, 0.3) is 0 Å². The summed E-state index contributed by atoms with van der Waals surface area (Å²) < 4.78 is 42.7. The lowest BCUT2D eigenvalue weighted by Gasteiger charge is -2.12. The second-order valence-electron chi connectivity index (χ2n) is 3.70. The maximum absolute atomic E-state index is 12.6. The molecule has 0 aliphatic heterocycles. The van der Waals surface area contributed by atoms with Crippen molar-refractivity contribution in [2.45, 2.75) is 26.1 Å². The third-order valence-corrected chi connectivity index (χ3v) is 1.97. The van der Waals surface area contributed by atoms with E-state index in [9.17, 15) is 18.0 Å². The van der Waals surface area contributed by atoms with E-state index in [0.717, 1.165) is 18.5 Å². The summed E-state index contributed by atoms with van der Waals surface area (Å²) in [6, 6.07) is 0.780. The number of carbonyl (C=O) groups excluding carboxylic acids is 1. The van der Waals surface area contributed by atoms with Gasteiger partial charge >= 0.3 is 6.18 Å². The molecule has 3 nitrogen and oxygen atoms in total. The number of ketones is 1. The van der Waals surface area contributed by atoms with E-state index in [1.807, 2.05) is 0 Å². The molecule has 0 aromatic carbocycles. The van der Waals surface area contributed by atoms with Crippen molar-refractivity contribution in [1.82, 2.24) is 4.98 Å². The van der Waals surface area contributed by atoms with E-state index in [1.54, 1.807) is 13.8 Å². The van der Waals surface area contributed by atoms with Crippen molar-refractivity contribution in [3.05, 3.63) is 29.6 Å². The van der Waals surface area contributed by atoms with Crippen molar-refractivity contribution in [3.8, 4) is 0 Å². The highest BCUT2D eigenvalue weighted by molar-refractivity contribution is 5.98. The number of hydrogen-bond donors (Lipinski definition) is 0. The number of alkyl halides is 3. The molecule has 0 radical (unpaired) electrons. The number of pyridine rings is 1. The molecule has 0 aliphatic rings. The highest BCUT2D eigenvalue weighted by Crippen LogP contribution is 2.31. The lowest BCUT2D eigenvalue weighted by Crippen LogP contribution is -2.18. The Hall–Kier alpha value is -1.43. The van der Waals surface area contributed by atoms with Gasteiger partial charge in [0.05, 0.1) is 17.2 Å². The molecule has 0 saturated heterocycles. The van der Waals surface area contributed by atoms with Gasteiger partial charge in [-0.1, -0.05) is 0 Å². The highest BCUT2D eigenvalue weighted by atomic mass is 19.4. The fourth-order valence-electron chi connectivity index (χ4n) is 1.18. The Bertz CT molecular complexity index is 402. The van der Waals surface area contributed by atoms with Gasteiger partial charge in [-0.15, -0.1) is 0 Å². The summed E-state index contributed by atoms with van der Waals surface area (Å²) >= 11 is 0. The van der Waals surface area contributed by atoms with Crippen molar-refractivity contribution in [1.29, 1.82) is 0 Å². The van der Waals surface area contributed by atoms with Gasteiger partial charge in [0, 0.05) is 12.4 Å². The minimum absolute atomic E-state index is 0.218. The van der Waals surface area contributed by atoms with Crippen molar-refractivity contribution < 1.29 is 22.7 Å². The van der Waals surface area contributed by atoms with Crippen LogP contribution in [0.1, 0.15) is 29.8 Å². The summed E-state index contributed by atoms with van der Waals surface area (Å²) in [4.78, 5) is 15.1. The molecule has 6 heteroatoms. The average molecular weight is 247 g/mol. The Labute approximate surface area is 96.6 Å². The van der Waals surface area contributed by atoms with E-state index in [0.29, 0.717) is 0 Å². The van der Waals surface area contributed by atoms with Crippen LogP contribution in [0, 0.1) is 0 Å². The maximum atomic E-state index is 12.6. The lowest BCUT2D eigenvalue weighted by atomic mass is 10.1. The van der Waals surface area contributed by atoms with E-state index in [2.05, 4.69) is 4.98 Å². The maximum Gasteiger partial charge on any atom is 0.417 e. The zero-order valence-corrected chi connectivity index (χ0v) is 9.41. The number of halogens is 3. The number of hydrogen-bond acceptors (Lipinski definition) is 3. The molecule has 0 spiro atoms. The Balaban J connectivity index is 2.94. The minimum Gasteiger partial charge on any atom is -0.371 e. The van der Waals surface area contributed by atoms with Crippen LogP contribution >= 0.6 is 0 Å². The number of carbonyl (C=O) groups is 1. The minimum atomic E-state index is -4.56. The molecule has 0 bridgehead atoms. The summed E-state index contributed by atoms with van der Waals surface area (Å²) in [7, 11) is 0.